The van der Waals surface area contributed by atoms with Gasteiger partial charge in [0.25, 0.3) is 0 Å². The molecular weight excluding hydrogens is 188 g/mol. The van der Waals surface area contributed by atoms with Gasteiger partial charge in [-0.1, -0.05) is 6.42 Å². The molecule has 0 saturated heterocycles. The quantitative estimate of drug-likeness (QED) is 0.715. The predicted octanol–water partition coefficient (Wildman–Crippen LogP) is 1.03. The molecule has 0 aromatic carbocycles. The molecule has 1 aliphatic carbocycles. The molecule has 1 fully saturated rings. The van der Waals surface area contributed by atoms with E-state index in [9.17, 15) is 5.11 Å². The lowest BCUT2D eigenvalue weighted by atomic mass is 10.1. The van der Waals surface area contributed by atoms with Gasteiger partial charge >= 0.3 is 0 Å². The Morgan fingerprint density at radius 1 is 1.13 bits per heavy atom. The molecule has 1 N–H and O–H groups in total. The Hall–Kier alpha value is -0.120. The molecular formula is C12H26N2O. The lowest BCUT2D eigenvalue weighted by molar-refractivity contribution is 0.108. The van der Waals surface area contributed by atoms with Crippen molar-refractivity contribution in [2.45, 2.75) is 31.8 Å². The third kappa shape index (κ3) is 4.96. The van der Waals surface area contributed by atoms with Gasteiger partial charge in [-0.25, -0.2) is 0 Å². The molecule has 90 valence electrons. The van der Waals surface area contributed by atoms with Gasteiger partial charge in [-0.2, -0.15) is 0 Å². The van der Waals surface area contributed by atoms with Crippen LogP contribution in [0.2, 0.25) is 0 Å². The number of rotatable bonds is 6. The maximum atomic E-state index is 9.72. The van der Waals surface area contributed by atoms with E-state index >= 15 is 0 Å². The molecule has 0 bridgehead atoms. The fourth-order valence-electron chi connectivity index (χ4n) is 2.38. The van der Waals surface area contributed by atoms with E-state index in [0.29, 0.717) is 5.92 Å². The maximum absolute atomic E-state index is 9.72. The summed E-state index contributed by atoms with van der Waals surface area (Å²) in [5.74, 6) is 0.523. The van der Waals surface area contributed by atoms with Gasteiger partial charge in [0.1, 0.15) is 0 Å². The third-order valence-electron chi connectivity index (χ3n) is 3.31. The van der Waals surface area contributed by atoms with Crippen molar-refractivity contribution < 1.29 is 5.11 Å². The first kappa shape index (κ1) is 12.9. The minimum Gasteiger partial charge on any atom is -0.393 e. The second-order valence-corrected chi connectivity index (χ2v) is 5.18. The summed E-state index contributed by atoms with van der Waals surface area (Å²) in [7, 11) is 6.39. The van der Waals surface area contributed by atoms with Crippen LogP contribution < -0.4 is 0 Å². The maximum Gasteiger partial charge on any atom is 0.0580 e. The fraction of sp³-hybridized carbons (Fsp3) is 1.00. The van der Waals surface area contributed by atoms with Crippen molar-refractivity contribution in [1.29, 1.82) is 0 Å². The molecule has 0 aromatic heterocycles. The molecule has 0 heterocycles. The Morgan fingerprint density at radius 3 is 2.40 bits per heavy atom. The number of aliphatic hydroxyl groups is 1. The molecule has 1 saturated carbocycles. The van der Waals surface area contributed by atoms with Crippen LogP contribution in [0.5, 0.6) is 0 Å². The second kappa shape index (κ2) is 6.46. The summed E-state index contributed by atoms with van der Waals surface area (Å²) >= 11 is 0. The van der Waals surface area contributed by atoms with E-state index in [1.54, 1.807) is 0 Å². The van der Waals surface area contributed by atoms with Crippen LogP contribution in [0.4, 0.5) is 0 Å². The molecule has 1 rings (SSSR count). The molecule has 1 aliphatic rings. The van der Waals surface area contributed by atoms with Crippen LogP contribution >= 0.6 is 0 Å². The summed E-state index contributed by atoms with van der Waals surface area (Å²) in [6, 6.07) is 0. The second-order valence-electron chi connectivity index (χ2n) is 5.18. The highest BCUT2D eigenvalue weighted by atomic mass is 16.3. The number of hydrogen-bond donors (Lipinski definition) is 1. The molecule has 2 unspecified atom stereocenters. The molecule has 0 aliphatic heterocycles. The van der Waals surface area contributed by atoms with E-state index in [1.807, 2.05) is 0 Å². The largest absolute Gasteiger partial charge is 0.393 e. The highest BCUT2D eigenvalue weighted by molar-refractivity contribution is 4.78. The van der Waals surface area contributed by atoms with Crippen LogP contribution in [0, 0.1) is 5.92 Å². The van der Waals surface area contributed by atoms with Gasteiger partial charge in [0, 0.05) is 6.54 Å². The van der Waals surface area contributed by atoms with Gasteiger partial charge in [-0.3, -0.25) is 0 Å². The topological polar surface area (TPSA) is 26.7 Å². The Balaban J connectivity index is 2.09. The zero-order valence-corrected chi connectivity index (χ0v) is 10.4. The standard InChI is InChI=1S/C12H26N2O/c1-13(2)8-5-9-14(3)10-11-6-4-7-12(11)15/h11-12,15H,4-10H2,1-3H3. The monoisotopic (exact) mass is 214 g/mol. The smallest absolute Gasteiger partial charge is 0.0580 e. The Bertz CT molecular complexity index is 173. The lowest BCUT2D eigenvalue weighted by Crippen LogP contribution is -2.31. The summed E-state index contributed by atoms with van der Waals surface area (Å²) in [6.45, 7) is 3.35. The Kier molecular flexibility index (Phi) is 5.58. The zero-order chi connectivity index (χ0) is 11.3. The van der Waals surface area contributed by atoms with Crippen molar-refractivity contribution in [2.24, 2.45) is 5.92 Å². The summed E-state index contributed by atoms with van der Waals surface area (Å²) in [6.07, 6.45) is 4.60. The molecule has 3 heteroatoms. The number of nitrogens with zero attached hydrogens (tertiary/aromatic N) is 2. The van der Waals surface area contributed by atoms with Crippen LogP contribution in [-0.2, 0) is 0 Å². The molecule has 3 nitrogen and oxygen atoms in total. The summed E-state index contributed by atoms with van der Waals surface area (Å²) < 4.78 is 0. The first-order chi connectivity index (χ1) is 7.09. The van der Waals surface area contributed by atoms with Crippen molar-refractivity contribution in [3.63, 3.8) is 0 Å². The normalized spacial score (nSPS) is 26.8. The van der Waals surface area contributed by atoms with Gasteiger partial charge in [0.2, 0.25) is 0 Å². The van der Waals surface area contributed by atoms with Crippen molar-refractivity contribution in [2.75, 3.05) is 40.8 Å². The van der Waals surface area contributed by atoms with Crippen LogP contribution in [-0.4, -0.2) is 61.8 Å². The van der Waals surface area contributed by atoms with E-state index in [4.69, 9.17) is 0 Å². The van der Waals surface area contributed by atoms with Crippen molar-refractivity contribution in [3.8, 4) is 0 Å². The highest BCUT2D eigenvalue weighted by Gasteiger charge is 2.25. The molecule has 0 radical (unpaired) electrons. The fourth-order valence-corrected chi connectivity index (χ4v) is 2.38. The molecule has 15 heavy (non-hydrogen) atoms. The van der Waals surface area contributed by atoms with Gasteiger partial charge in [0.05, 0.1) is 6.10 Å². The van der Waals surface area contributed by atoms with Crippen LogP contribution in [0.3, 0.4) is 0 Å². The molecule has 0 amide bonds. The van der Waals surface area contributed by atoms with Crippen molar-refractivity contribution in [3.05, 3.63) is 0 Å². The SMILES string of the molecule is CN(C)CCCN(C)CC1CCCC1O. The van der Waals surface area contributed by atoms with Crippen molar-refractivity contribution >= 4 is 0 Å². The highest BCUT2D eigenvalue weighted by Crippen LogP contribution is 2.25. The first-order valence-electron chi connectivity index (χ1n) is 6.11. The number of aliphatic hydroxyl groups excluding tert-OH is 1. The number of hydrogen-bond acceptors (Lipinski definition) is 3. The van der Waals surface area contributed by atoms with E-state index in [0.717, 1.165) is 26.1 Å². The minimum absolute atomic E-state index is 0.0405. The van der Waals surface area contributed by atoms with Crippen molar-refractivity contribution in [1.82, 2.24) is 9.80 Å². The van der Waals surface area contributed by atoms with Gasteiger partial charge in [-0.05, 0) is 59.4 Å². The summed E-state index contributed by atoms with van der Waals surface area (Å²) in [5.41, 5.74) is 0. The van der Waals surface area contributed by atoms with Crippen LogP contribution in [0.1, 0.15) is 25.7 Å². The summed E-state index contributed by atoms with van der Waals surface area (Å²) in [4.78, 5) is 4.58. The predicted molar refractivity (Wildman–Crippen MR) is 64.0 cm³/mol. The average molecular weight is 214 g/mol. The van der Waals surface area contributed by atoms with Gasteiger partial charge < -0.3 is 14.9 Å². The van der Waals surface area contributed by atoms with E-state index in [1.165, 1.54) is 19.3 Å². The van der Waals surface area contributed by atoms with Crippen LogP contribution in [0.15, 0.2) is 0 Å². The molecule has 0 aromatic rings. The lowest BCUT2D eigenvalue weighted by Gasteiger charge is -2.23. The first-order valence-corrected chi connectivity index (χ1v) is 6.11. The average Bonchev–Trinajstić information content (AvgIpc) is 2.51. The Labute approximate surface area is 94.1 Å². The van der Waals surface area contributed by atoms with E-state index < -0.39 is 0 Å². The summed E-state index contributed by atoms with van der Waals surface area (Å²) in [5, 5.41) is 9.72. The molecule has 2 atom stereocenters. The third-order valence-corrected chi connectivity index (χ3v) is 3.31. The van der Waals surface area contributed by atoms with E-state index in [-0.39, 0.29) is 6.10 Å². The van der Waals surface area contributed by atoms with Gasteiger partial charge in [-0.15, -0.1) is 0 Å². The van der Waals surface area contributed by atoms with Gasteiger partial charge in [0.15, 0.2) is 0 Å². The minimum atomic E-state index is -0.0405. The Morgan fingerprint density at radius 2 is 1.87 bits per heavy atom. The molecule has 0 spiro atoms. The van der Waals surface area contributed by atoms with E-state index in [2.05, 4.69) is 30.9 Å². The van der Waals surface area contributed by atoms with Crippen LogP contribution in [0.25, 0.3) is 0 Å². The zero-order valence-electron chi connectivity index (χ0n) is 10.4.